The molecule has 88 valence electrons. The molecule has 1 aliphatic rings. The second-order valence-corrected chi connectivity index (χ2v) is 3.95. The van der Waals surface area contributed by atoms with Gasteiger partial charge in [-0.25, -0.2) is 0 Å². The van der Waals surface area contributed by atoms with E-state index in [0.29, 0.717) is 0 Å². The van der Waals surface area contributed by atoms with Crippen LogP contribution in [0.1, 0.15) is 17.9 Å². The first kappa shape index (κ1) is 11.3. The highest BCUT2D eigenvalue weighted by atomic mass is 16.6. The van der Waals surface area contributed by atoms with Crippen LogP contribution in [0.15, 0.2) is 36.5 Å². The second kappa shape index (κ2) is 4.37. The van der Waals surface area contributed by atoms with Crippen LogP contribution < -0.4 is 4.90 Å². The lowest BCUT2D eigenvalue weighted by Crippen LogP contribution is -2.32. The molecule has 1 unspecified atom stereocenters. The predicted octanol–water partition coefficient (Wildman–Crippen LogP) is 1.93. The minimum absolute atomic E-state index is 0.0262. The number of allylic oxidation sites excluding steroid dienone is 1. The first-order chi connectivity index (χ1) is 8.09. The molecule has 1 aromatic carbocycles. The smallest absolute Gasteiger partial charge is 0.231 e. The number of anilines is 1. The zero-order valence-electron chi connectivity index (χ0n) is 9.37. The van der Waals surface area contributed by atoms with E-state index in [-0.39, 0.29) is 18.2 Å². The number of carbonyl (C=O) groups excluding carboxylic acids is 1. The van der Waals surface area contributed by atoms with Gasteiger partial charge in [0.15, 0.2) is 0 Å². The van der Waals surface area contributed by atoms with Crippen LogP contribution in [-0.4, -0.2) is 17.9 Å². The van der Waals surface area contributed by atoms with Crippen molar-refractivity contribution in [3.8, 4) is 0 Å². The van der Waals surface area contributed by atoms with Gasteiger partial charge >= 0.3 is 0 Å². The summed E-state index contributed by atoms with van der Waals surface area (Å²) < 4.78 is 0. The number of benzene rings is 1. The summed E-state index contributed by atoms with van der Waals surface area (Å²) in [4.78, 5) is 23.1. The van der Waals surface area contributed by atoms with Gasteiger partial charge in [0.1, 0.15) is 0 Å². The Kier molecular flexibility index (Phi) is 2.91. The molecule has 0 radical (unpaired) electrons. The van der Waals surface area contributed by atoms with E-state index in [1.165, 1.54) is 6.08 Å². The van der Waals surface area contributed by atoms with E-state index < -0.39 is 4.92 Å². The Bertz CT molecular complexity index is 496. The number of fused-ring (bicyclic) bond motifs is 1. The van der Waals surface area contributed by atoms with Gasteiger partial charge in [-0.2, -0.15) is 0 Å². The molecular formula is C12H12N2O3. The molecule has 0 N–H and O–H groups in total. The third-order valence-electron chi connectivity index (χ3n) is 2.91. The van der Waals surface area contributed by atoms with E-state index in [1.807, 2.05) is 24.3 Å². The summed E-state index contributed by atoms with van der Waals surface area (Å²) >= 11 is 0. The highest BCUT2D eigenvalue weighted by molar-refractivity contribution is 5.96. The number of nitro groups is 1. The number of para-hydroxylation sites is 1. The van der Waals surface area contributed by atoms with E-state index in [4.69, 9.17) is 0 Å². The van der Waals surface area contributed by atoms with Gasteiger partial charge in [0.05, 0.1) is 4.92 Å². The molecule has 0 fully saturated rings. The van der Waals surface area contributed by atoms with Gasteiger partial charge in [0.2, 0.25) is 12.1 Å². The van der Waals surface area contributed by atoms with Gasteiger partial charge in [-0.1, -0.05) is 18.2 Å². The molecule has 0 spiro atoms. The monoisotopic (exact) mass is 232 g/mol. The van der Waals surface area contributed by atoms with Crippen LogP contribution in [0, 0.1) is 10.1 Å². The normalized spacial score (nSPS) is 19.5. The Hall–Kier alpha value is -2.17. The third kappa shape index (κ3) is 2.18. The quantitative estimate of drug-likeness (QED) is 0.578. The summed E-state index contributed by atoms with van der Waals surface area (Å²) in [5, 5.41) is 10.3. The molecule has 1 atom stereocenters. The fraction of sp³-hybridized carbons (Fsp3) is 0.250. The Morgan fingerprint density at radius 1 is 1.47 bits per heavy atom. The zero-order chi connectivity index (χ0) is 12.4. The van der Waals surface area contributed by atoms with Crippen LogP contribution >= 0.6 is 0 Å². The molecular weight excluding hydrogens is 220 g/mol. The molecule has 0 bridgehead atoms. The van der Waals surface area contributed by atoms with Gasteiger partial charge in [-0.3, -0.25) is 14.9 Å². The van der Waals surface area contributed by atoms with E-state index in [2.05, 4.69) is 0 Å². The summed E-state index contributed by atoms with van der Waals surface area (Å²) in [6, 6.07) is 7.46. The number of amides is 1. The van der Waals surface area contributed by atoms with Crippen molar-refractivity contribution in [3.05, 3.63) is 52.2 Å². The van der Waals surface area contributed by atoms with Crippen molar-refractivity contribution in [2.45, 2.75) is 12.3 Å². The van der Waals surface area contributed by atoms with E-state index in [0.717, 1.165) is 17.5 Å². The lowest BCUT2D eigenvalue weighted by atomic mass is 9.90. The van der Waals surface area contributed by atoms with Gasteiger partial charge in [0, 0.05) is 25.1 Å². The second-order valence-electron chi connectivity index (χ2n) is 3.95. The minimum atomic E-state index is -0.509. The maximum atomic E-state index is 11.7. The topological polar surface area (TPSA) is 63.5 Å². The lowest BCUT2D eigenvalue weighted by molar-refractivity contribution is -0.402. The van der Waals surface area contributed by atoms with E-state index in [1.54, 1.807) is 11.9 Å². The van der Waals surface area contributed by atoms with Gasteiger partial charge in [0.25, 0.3) is 0 Å². The molecule has 5 heteroatoms. The third-order valence-corrected chi connectivity index (χ3v) is 2.91. The molecule has 17 heavy (non-hydrogen) atoms. The fourth-order valence-electron chi connectivity index (χ4n) is 2.02. The average molecular weight is 232 g/mol. The molecule has 5 nitrogen and oxygen atoms in total. The van der Waals surface area contributed by atoms with Gasteiger partial charge < -0.3 is 4.90 Å². The van der Waals surface area contributed by atoms with Crippen molar-refractivity contribution in [1.29, 1.82) is 0 Å². The summed E-state index contributed by atoms with van der Waals surface area (Å²) in [7, 11) is 1.72. The van der Waals surface area contributed by atoms with Crippen LogP contribution in [0.2, 0.25) is 0 Å². The van der Waals surface area contributed by atoms with Crippen LogP contribution in [0.3, 0.4) is 0 Å². The Morgan fingerprint density at radius 3 is 2.88 bits per heavy atom. The minimum Gasteiger partial charge on any atom is -0.315 e. The predicted molar refractivity (Wildman–Crippen MR) is 63.3 cm³/mol. The first-order valence-corrected chi connectivity index (χ1v) is 5.27. The van der Waals surface area contributed by atoms with Crippen LogP contribution in [0.25, 0.3) is 0 Å². The first-order valence-electron chi connectivity index (χ1n) is 5.27. The van der Waals surface area contributed by atoms with Gasteiger partial charge in [-0.05, 0) is 17.7 Å². The summed E-state index contributed by atoms with van der Waals surface area (Å²) in [5.74, 6) is -0.234. The molecule has 0 saturated carbocycles. The van der Waals surface area contributed by atoms with Crippen molar-refractivity contribution in [1.82, 2.24) is 0 Å². The van der Waals surface area contributed by atoms with Crippen molar-refractivity contribution in [2.24, 2.45) is 0 Å². The summed E-state index contributed by atoms with van der Waals surface area (Å²) in [5.41, 5.74) is 1.77. The molecule has 0 aromatic heterocycles. The molecule has 1 heterocycles. The highest BCUT2D eigenvalue weighted by Crippen LogP contribution is 2.35. The number of carbonyl (C=O) groups is 1. The number of rotatable bonds is 2. The summed E-state index contributed by atoms with van der Waals surface area (Å²) in [6.07, 6.45) is 2.65. The van der Waals surface area contributed by atoms with E-state index >= 15 is 0 Å². The average Bonchev–Trinajstić information content (AvgIpc) is 2.32. The molecule has 0 aliphatic carbocycles. The van der Waals surface area contributed by atoms with Crippen molar-refractivity contribution in [3.63, 3.8) is 0 Å². The molecule has 1 aromatic rings. The van der Waals surface area contributed by atoms with Crippen molar-refractivity contribution >= 4 is 11.6 Å². The molecule has 2 rings (SSSR count). The maximum Gasteiger partial charge on any atom is 0.231 e. The van der Waals surface area contributed by atoms with Crippen LogP contribution in [0.5, 0.6) is 0 Å². The van der Waals surface area contributed by atoms with E-state index in [9.17, 15) is 14.9 Å². The Morgan fingerprint density at radius 2 is 2.18 bits per heavy atom. The van der Waals surface area contributed by atoms with Crippen LogP contribution in [-0.2, 0) is 4.79 Å². The Labute approximate surface area is 98.5 Å². The zero-order valence-corrected chi connectivity index (χ0v) is 9.37. The number of hydrogen-bond acceptors (Lipinski definition) is 3. The number of hydrogen-bond donors (Lipinski definition) is 0. The largest absolute Gasteiger partial charge is 0.315 e. The van der Waals surface area contributed by atoms with Gasteiger partial charge in [-0.15, -0.1) is 0 Å². The Balaban J connectivity index is 2.40. The summed E-state index contributed by atoms with van der Waals surface area (Å²) in [6.45, 7) is 0. The maximum absolute atomic E-state index is 11.7. The van der Waals surface area contributed by atoms with Crippen LogP contribution in [0.4, 0.5) is 5.69 Å². The number of nitrogens with zero attached hydrogens (tertiary/aromatic N) is 2. The molecule has 0 saturated heterocycles. The van der Waals surface area contributed by atoms with Crippen molar-refractivity contribution in [2.75, 3.05) is 11.9 Å². The molecule has 1 aliphatic heterocycles. The fourth-order valence-corrected chi connectivity index (χ4v) is 2.02. The SMILES string of the molecule is CN1C(=O)CC(/C=C/[N+](=O)[O-])c2ccccc21. The van der Waals surface area contributed by atoms with Crippen molar-refractivity contribution < 1.29 is 9.72 Å². The standard InChI is InChI=1S/C12H12N2O3/c1-13-11-5-3-2-4-10(11)9(8-12(13)15)6-7-14(16)17/h2-7,9H,8H2,1H3/b7-6+. The lowest BCUT2D eigenvalue weighted by Gasteiger charge is -2.29. The highest BCUT2D eigenvalue weighted by Gasteiger charge is 2.27. The molecule has 1 amide bonds.